The number of halogens is 1. The third-order valence-electron chi connectivity index (χ3n) is 5.47. The summed E-state index contributed by atoms with van der Waals surface area (Å²) in [5.41, 5.74) is 1.91. The molecule has 29 heavy (non-hydrogen) atoms. The number of nitrogens with one attached hydrogen (secondary N) is 1. The first kappa shape index (κ1) is 20.1. The zero-order valence-corrected chi connectivity index (χ0v) is 17.6. The molecule has 1 atom stereocenters. The van der Waals surface area contributed by atoms with E-state index in [0.717, 1.165) is 32.1 Å². The number of carbonyl (C=O) groups is 1. The van der Waals surface area contributed by atoms with Crippen LogP contribution in [0, 0.1) is 5.82 Å². The van der Waals surface area contributed by atoms with Crippen LogP contribution in [0.25, 0.3) is 11.4 Å². The maximum Gasteiger partial charge on any atom is 0.233 e. The van der Waals surface area contributed by atoms with E-state index < -0.39 is 0 Å². The topological polar surface area (TPSA) is 59.8 Å². The van der Waals surface area contributed by atoms with Crippen molar-refractivity contribution in [3.8, 4) is 11.4 Å². The van der Waals surface area contributed by atoms with Crippen molar-refractivity contribution >= 4 is 17.7 Å². The molecule has 4 rings (SSSR count). The van der Waals surface area contributed by atoms with Gasteiger partial charge in [-0.3, -0.25) is 9.36 Å². The van der Waals surface area contributed by atoms with Gasteiger partial charge in [0.15, 0.2) is 11.0 Å². The van der Waals surface area contributed by atoms with Crippen LogP contribution in [0.5, 0.6) is 0 Å². The fraction of sp³-hybridized carbons (Fsp3) is 0.500. The summed E-state index contributed by atoms with van der Waals surface area (Å²) in [6.07, 6.45) is 10.2. The Labute approximate surface area is 175 Å². The second-order valence-corrected chi connectivity index (χ2v) is 9.10. The Bertz CT molecular complexity index is 906. The lowest BCUT2D eigenvalue weighted by Crippen LogP contribution is -2.32. The number of benzene rings is 1. The Morgan fingerprint density at radius 2 is 2.14 bits per heavy atom. The van der Waals surface area contributed by atoms with Crippen molar-refractivity contribution in [1.29, 1.82) is 0 Å². The molecule has 154 valence electrons. The van der Waals surface area contributed by atoms with Gasteiger partial charge in [0.05, 0.1) is 10.8 Å². The van der Waals surface area contributed by atoms with E-state index in [2.05, 4.69) is 21.6 Å². The van der Waals surface area contributed by atoms with Crippen LogP contribution in [0.4, 0.5) is 4.39 Å². The molecular weight excluding hydrogens is 387 g/mol. The Hall–Kier alpha value is -2.15. The number of hydrogen-bond acceptors (Lipinski definition) is 4. The zero-order chi connectivity index (χ0) is 20.2. The maximum absolute atomic E-state index is 14.3. The van der Waals surface area contributed by atoms with E-state index in [1.807, 2.05) is 11.5 Å². The molecular formula is C22H27FN4OS. The quantitative estimate of drug-likeness (QED) is 0.493. The molecule has 2 aliphatic rings. The van der Waals surface area contributed by atoms with Crippen LogP contribution in [0.3, 0.4) is 0 Å². The third kappa shape index (κ3) is 4.89. The molecule has 0 bridgehead atoms. The first-order chi connectivity index (χ1) is 14.1. The van der Waals surface area contributed by atoms with Gasteiger partial charge in [0.25, 0.3) is 0 Å². The molecule has 1 aromatic carbocycles. The van der Waals surface area contributed by atoms with E-state index in [1.165, 1.54) is 36.2 Å². The summed E-state index contributed by atoms with van der Waals surface area (Å²) in [5, 5.41) is 12.0. The minimum atomic E-state index is -0.304. The van der Waals surface area contributed by atoms with E-state index in [-0.39, 0.29) is 23.0 Å². The third-order valence-corrected chi connectivity index (χ3v) is 6.53. The molecule has 1 heterocycles. The van der Waals surface area contributed by atoms with Crippen molar-refractivity contribution in [2.75, 3.05) is 6.54 Å². The summed E-state index contributed by atoms with van der Waals surface area (Å²) in [6, 6.07) is 6.92. The Balaban J connectivity index is 1.40. The van der Waals surface area contributed by atoms with Crippen LogP contribution >= 0.6 is 11.8 Å². The lowest BCUT2D eigenvalue weighted by Gasteiger charge is -2.15. The van der Waals surface area contributed by atoms with E-state index >= 15 is 0 Å². The number of rotatable bonds is 8. The molecule has 1 amide bonds. The summed E-state index contributed by atoms with van der Waals surface area (Å²) >= 11 is 1.39. The first-order valence-electron chi connectivity index (χ1n) is 10.5. The predicted molar refractivity (Wildman–Crippen MR) is 113 cm³/mol. The highest BCUT2D eigenvalue weighted by atomic mass is 32.2. The number of thioether (sulfide) groups is 1. The lowest BCUT2D eigenvalue weighted by atomic mass is 9.97. The average Bonchev–Trinajstić information content (AvgIpc) is 3.49. The van der Waals surface area contributed by atoms with E-state index in [4.69, 9.17) is 0 Å². The minimum Gasteiger partial charge on any atom is -0.355 e. The SMILES string of the molecule is C[C@@H](Sc1nnc(-c2ccccc2F)n1C1CC1)C(=O)NCCC1=CCCCC1. The minimum absolute atomic E-state index is 0.00389. The number of nitrogens with zero attached hydrogens (tertiary/aromatic N) is 3. The van der Waals surface area contributed by atoms with Crippen LogP contribution in [-0.4, -0.2) is 32.5 Å². The first-order valence-corrected chi connectivity index (χ1v) is 11.3. The molecule has 2 aliphatic carbocycles. The molecule has 7 heteroatoms. The highest BCUT2D eigenvalue weighted by Gasteiger charge is 2.32. The standard InChI is InChI=1S/C22H27FN4OS/c1-15(21(28)24-14-13-16-7-3-2-4-8-16)29-22-26-25-20(27(22)17-11-12-17)18-9-5-6-10-19(18)23/h5-7,9-10,15,17H,2-4,8,11-14H2,1H3,(H,24,28)/t15-/m1/s1. The van der Waals surface area contributed by atoms with Crippen molar-refractivity contribution in [2.45, 2.75) is 68.3 Å². The number of allylic oxidation sites excluding steroid dienone is 1. The molecule has 1 aromatic heterocycles. The van der Waals surface area contributed by atoms with E-state index in [9.17, 15) is 9.18 Å². The Morgan fingerprint density at radius 1 is 1.31 bits per heavy atom. The van der Waals surface area contributed by atoms with Crippen molar-refractivity contribution in [2.24, 2.45) is 0 Å². The molecule has 1 saturated carbocycles. The Kier molecular flexibility index (Phi) is 6.33. The molecule has 5 nitrogen and oxygen atoms in total. The smallest absolute Gasteiger partial charge is 0.233 e. The zero-order valence-electron chi connectivity index (χ0n) is 16.7. The summed E-state index contributed by atoms with van der Waals surface area (Å²) < 4.78 is 16.3. The van der Waals surface area contributed by atoms with Gasteiger partial charge in [-0.25, -0.2) is 4.39 Å². The van der Waals surface area contributed by atoms with Crippen LogP contribution < -0.4 is 5.32 Å². The molecule has 0 unspecified atom stereocenters. The van der Waals surface area contributed by atoms with Crippen LogP contribution in [0.2, 0.25) is 0 Å². The highest BCUT2D eigenvalue weighted by Crippen LogP contribution is 2.42. The van der Waals surface area contributed by atoms with Gasteiger partial charge >= 0.3 is 0 Å². The molecule has 0 aliphatic heterocycles. The summed E-state index contributed by atoms with van der Waals surface area (Å²) in [5.74, 6) is 0.246. The molecule has 0 saturated heterocycles. The van der Waals surface area contributed by atoms with Crippen LogP contribution in [-0.2, 0) is 4.79 Å². The number of carbonyl (C=O) groups excluding carboxylic acids is 1. The maximum atomic E-state index is 14.3. The van der Waals surface area contributed by atoms with E-state index in [0.29, 0.717) is 23.1 Å². The lowest BCUT2D eigenvalue weighted by molar-refractivity contribution is -0.120. The molecule has 1 fully saturated rings. The van der Waals surface area contributed by atoms with Crippen molar-refractivity contribution in [1.82, 2.24) is 20.1 Å². The summed E-state index contributed by atoms with van der Waals surface area (Å²) in [4.78, 5) is 12.5. The van der Waals surface area contributed by atoms with Gasteiger partial charge in [-0.05, 0) is 64.0 Å². The Morgan fingerprint density at radius 3 is 2.86 bits per heavy atom. The second-order valence-electron chi connectivity index (χ2n) is 7.80. The highest BCUT2D eigenvalue weighted by molar-refractivity contribution is 8.00. The van der Waals surface area contributed by atoms with Crippen LogP contribution in [0.15, 0.2) is 41.1 Å². The normalized spacial score (nSPS) is 17.7. The molecule has 1 N–H and O–H groups in total. The van der Waals surface area contributed by atoms with Gasteiger partial charge < -0.3 is 5.32 Å². The van der Waals surface area contributed by atoms with Crippen molar-refractivity contribution < 1.29 is 9.18 Å². The second kappa shape index (κ2) is 9.11. The number of aromatic nitrogens is 3. The van der Waals surface area contributed by atoms with E-state index in [1.54, 1.807) is 18.2 Å². The molecule has 0 spiro atoms. The van der Waals surface area contributed by atoms with Gasteiger partial charge in [0.2, 0.25) is 5.91 Å². The van der Waals surface area contributed by atoms with Crippen molar-refractivity contribution in [3.63, 3.8) is 0 Å². The monoisotopic (exact) mass is 414 g/mol. The fourth-order valence-electron chi connectivity index (χ4n) is 3.68. The van der Waals surface area contributed by atoms with Gasteiger partial charge in [0, 0.05) is 12.6 Å². The largest absolute Gasteiger partial charge is 0.355 e. The van der Waals surface area contributed by atoms with Crippen molar-refractivity contribution in [3.05, 3.63) is 41.7 Å². The van der Waals surface area contributed by atoms with Gasteiger partial charge in [-0.2, -0.15) is 0 Å². The van der Waals surface area contributed by atoms with Gasteiger partial charge in [-0.15, -0.1) is 10.2 Å². The number of hydrogen-bond donors (Lipinski definition) is 1. The summed E-state index contributed by atoms with van der Waals surface area (Å²) in [6.45, 7) is 2.56. The average molecular weight is 415 g/mol. The fourth-order valence-corrected chi connectivity index (χ4v) is 4.62. The molecule has 2 aromatic rings. The van der Waals surface area contributed by atoms with Crippen LogP contribution in [0.1, 0.15) is 57.9 Å². The predicted octanol–water partition coefficient (Wildman–Crippen LogP) is 4.91. The van der Waals surface area contributed by atoms with Gasteiger partial charge in [0.1, 0.15) is 5.82 Å². The van der Waals surface area contributed by atoms with Gasteiger partial charge in [-0.1, -0.05) is 35.5 Å². The number of amides is 1. The summed E-state index contributed by atoms with van der Waals surface area (Å²) in [7, 11) is 0. The molecule has 0 radical (unpaired) electrons.